The van der Waals surface area contributed by atoms with Gasteiger partial charge in [-0.1, -0.05) is 0 Å². The summed E-state index contributed by atoms with van der Waals surface area (Å²) < 4.78 is 0. The molecule has 1 N–H and O–H groups in total. The van der Waals surface area contributed by atoms with Gasteiger partial charge in [0.2, 0.25) is 0 Å². The molecular weight excluding hydrogens is 138 g/mol. The molecule has 0 aliphatic carbocycles. The van der Waals surface area contributed by atoms with Gasteiger partial charge in [-0.05, 0) is 0 Å². The minimum Gasteiger partial charge on any atom is -1.00 e. The van der Waals surface area contributed by atoms with E-state index in [0.717, 1.165) is 0 Å². The summed E-state index contributed by atoms with van der Waals surface area (Å²) in [6.07, 6.45) is 0. The van der Waals surface area contributed by atoms with Gasteiger partial charge < -0.3 is 10.9 Å². The van der Waals surface area contributed by atoms with Crippen LogP contribution in [0.4, 0.5) is 0 Å². The van der Waals surface area contributed by atoms with Crippen LogP contribution in [0.2, 0.25) is 0 Å². The average molecular weight is 143 g/mol. The van der Waals surface area contributed by atoms with Gasteiger partial charge in [0.1, 0.15) is 0 Å². The van der Waals surface area contributed by atoms with Gasteiger partial charge in [-0.25, -0.2) is 0 Å². The minimum absolute atomic E-state index is 0. The molecule has 7 heteroatoms. The maximum Gasteiger partial charge on any atom is 1.00 e. The van der Waals surface area contributed by atoms with Crippen molar-refractivity contribution < 1.29 is 129 Å². The van der Waals surface area contributed by atoms with Crippen LogP contribution >= 0.6 is 0 Å². The number of rotatable bonds is 0. The Morgan fingerprint density at radius 2 is 1.14 bits per heavy atom. The van der Waals surface area contributed by atoms with Crippen molar-refractivity contribution >= 4 is 0 Å². The summed E-state index contributed by atoms with van der Waals surface area (Å²) in [5.74, 6) is 0. The van der Waals surface area contributed by atoms with Crippen LogP contribution in [0.3, 0.4) is 0 Å². The molecule has 0 amide bonds. The second-order valence-corrected chi connectivity index (χ2v) is 0.0816. The molecule has 0 radical (unpaired) electrons. The summed E-state index contributed by atoms with van der Waals surface area (Å²) in [6.45, 7) is 0. The standard InChI is InChI=1S/HNO2.4Na.4H/c2-1-3;;;;;;;;/h(H,2,3);;;;;;;;/q;4*+1;4*-1. The molecule has 0 aliphatic rings. The first-order chi connectivity index (χ1) is 1.41. The molecular formula is H5NNa4O2. The van der Waals surface area contributed by atoms with Gasteiger partial charge in [-0.2, -0.15) is 0 Å². The van der Waals surface area contributed by atoms with Crippen molar-refractivity contribution in [2.45, 2.75) is 0 Å². The van der Waals surface area contributed by atoms with Crippen LogP contribution < -0.4 is 118 Å². The van der Waals surface area contributed by atoms with Gasteiger partial charge in [0.15, 0.2) is 5.34 Å². The Labute approximate surface area is 136 Å². The van der Waals surface area contributed by atoms with Crippen molar-refractivity contribution in [1.29, 1.82) is 0 Å². The summed E-state index contributed by atoms with van der Waals surface area (Å²) in [4.78, 5) is 8.11. The average Bonchev–Trinajstić information content (AvgIpc) is 0.918. The van der Waals surface area contributed by atoms with Gasteiger partial charge in [-0.3, -0.25) is 0 Å². The monoisotopic (exact) mass is 143 g/mol. The molecule has 0 heterocycles. The first-order valence-electron chi connectivity index (χ1n) is 0.383. The van der Waals surface area contributed by atoms with Crippen molar-refractivity contribution in [3.05, 3.63) is 4.91 Å². The second kappa shape index (κ2) is 34.3. The van der Waals surface area contributed by atoms with E-state index in [9.17, 15) is 0 Å². The predicted molar refractivity (Wildman–Crippen MR) is 12.0 cm³/mol. The summed E-state index contributed by atoms with van der Waals surface area (Å²) in [7, 11) is 0. The van der Waals surface area contributed by atoms with Gasteiger partial charge in [0.05, 0.1) is 0 Å². The third-order valence-corrected chi connectivity index (χ3v) is 0. The molecule has 0 bridgehead atoms. The van der Waals surface area contributed by atoms with Crippen LogP contribution in [0, 0.1) is 4.91 Å². The second-order valence-electron chi connectivity index (χ2n) is 0.0816. The van der Waals surface area contributed by atoms with Crippen molar-refractivity contribution in [1.82, 2.24) is 0 Å². The van der Waals surface area contributed by atoms with E-state index < -0.39 is 0 Å². The molecule has 0 atom stereocenters. The van der Waals surface area contributed by atoms with Crippen LogP contribution in [-0.4, -0.2) is 5.21 Å². The molecule has 0 rings (SSSR count). The van der Waals surface area contributed by atoms with E-state index in [2.05, 4.69) is 0 Å². The summed E-state index contributed by atoms with van der Waals surface area (Å²) in [6, 6.07) is 0. The molecule has 7 heavy (non-hydrogen) atoms. The molecule has 0 aromatic carbocycles. The van der Waals surface area contributed by atoms with Crippen LogP contribution in [-0.2, 0) is 0 Å². The van der Waals surface area contributed by atoms with Crippen LogP contribution in [0.5, 0.6) is 0 Å². The minimum atomic E-state index is 0. The van der Waals surface area contributed by atoms with Crippen LogP contribution in [0.15, 0.2) is 5.34 Å². The predicted octanol–water partition coefficient (Wildman–Crippen LogP) is -11.4. The topological polar surface area (TPSA) is 49.7 Å². The largest absolute Gasteiger partial charge is 1.00 e. The quantitative estimate of drug-likeness (QED) is 0.208. The van der Waals surface area contributed by atoms with Gasteiger partial charge in [0, 0.05) is 0 Å². The van der Waals surface area contributed by atoms with E-state index >= 15 is 0 Å². The summed E-state index contributed by atoms with van der Waals surface area (Å²) in [5, 5.41) is 7.89. The molecule has 0 aromatic rings. The summed E-state index contributed by atoms with van der Waals surface area (Å²) in [5.41, 5.74) is 0. The van der Waals surface area contributed by atoms with E-state index in [1.54, 1.807) is 0 Å². The van der Waals surface area contributed by atoms with Crippen molar-refractivity contribution in [3.63, 3.8) is 0 Å². The van der Waals surface area contributed by atoms with E-state index in [1.807, 2.05) is 0 Å². The van der Waals surface area contributed by atoms with Crippen molar-refractivity contribution in [2.24, 2.45) is 5.34 Å². The number of hydrogen-bond acceptors (Lipinski definition) is 2. The van der Waals surface area contributed by atoms with Gasteiger partial charge in [0.25, 0.3) is 0 Å². The Hall–Kier alpha value is 3.40. The number of hydrogen-bond donors (Lipinski definition) is 1. The SMILES string of the molecule is O=NO.[H-].[H-].[H-].[H-].[Na+].[Na+].[Na+].[Na+]. The molecule has 0 saturated carbocycles. The third kappa shape index (κ3) is 44.5. The molecule has 0 unspecified atom stereocenters. The Kier molecular flexibility index (Phi) is 154. The molecule has 3 nitrogen and oxygen atoms in total. The Balaban J connectivity index is -0.000000000714. The Bertz CT molecular complexity index is 27.6. The first kappa shape index (κ1) is 31.5. The normalized spacial score (nSPS) is 1.71. The van der Waals surface area contributed by atoms with Crippen LogP contribution in [0.1, 0.15) is 5.71 Å². The zero-order valence-corrected chi connectivity index (χ0v) is 13.3. The molecule has 26 valence electrons. The van der Waals surface area contributed by atoms with E-state index in [-0.39, 0.29) is 124 Å². The fraction of sp³-hybridized carbons (Fsp3) is 0. The number of nitrogens with zero attached hydrogens (tertiary/aromatic N) is 1. The molecule has 0 aliphatic heterocycles. The van der Waals surface area contributed by atoms with Crippen molar-refractivity contribution in [2.75, 3.05) is 0 Å². The van der Waals surface area contributed by atoms with E-state index in [1.165, 1.54) is 5.34 Å². The first-order valence-corrected chi connectivity index (χ1v) is 0.383. The molecule has 0 fully saturated rings. The third-order valence-electron chi connectivity index (χ3n) is 0. The van der Waals surface area contributed by atoms with Gasteiger partial charge >= 0.3 is 118 Å². The fourth-order valence-electron chi connectivity index (χ4n) is 0. The van der Waals surface area contributed by atoms with Gasteiger partial charge in [-0.15, -0.1) is 4.91 Å². The Morgan fingerprint density at radius 3 is 1.14 bits per heavy atom. The van der Waals surface area contributed by atoms with E-state index in [4.69, 9.17) is 10.1 Å². The molecule has 0 aromatic heterocycles. The summed E-state index contributed by atoms with van der Waals surface area (Å²) >= 11 is 0. The molecule has 0 saturated heterocycles. The fourth-order valence-corrected chi connectivity index (χ4v) is 0. The Morgan fingerprint density at radius 1 is 1.14 bits per heavy atom. The zero-order chi connectivity index (χ0) is 2.71. The van der Waals surface area contributed by atoms with Crippen molar-refractivity contribution in [3.8, 4) is 0 Å². The maximum absolute atomic E-state index is 8.11. The molecule has 0 spiro atoms. The smallest absolute Gasteiger partial charge is 1.00 e. The maximum atomic E-state index is 8.11. The zero-order valence-electron chi connectivity index (χ0n) is 9.30. The van der Waals surface area contributed by atoms with E-state index in [0.29, 0.717) is 0 Å². The van der Waals surface area contributed by atoms with Crippen LogP contribution in [0.25, 0.3) is 0 Å².